The van der Waals surface area contributed by atoms with Crippen LogP contribution < -0.4 is 5.32 Å². The van der Waals surface area contributed by atoms with E-state index in [1.54, 1.807) is 7.11 Å². The standard InChI is InChI=1S/C13H18FNO3/c1-18-9-4-2-3-8-15-13(17)12-10(14)6-5-7-11(12)16/h5-7,16H,2-4,8-9H2,1H3,(H,15,17). The normalized spacial score (nSPS) is 10.3. The summed E-state index contributed by atoms with van der Waals surface area (Å²) in [5, 5.41) is 12.0. The Morgan fingerprint density at radius 2 is 2.17 bits per heavy atom. The van der Waals surface area contributed by atoms with Crippen molar-refractivity contribution in [1.82, 2.24) is 5.32 Å². The van der Waals surface area contributed by atoms with Gasteiger partial charge in [-0.15, -0.1) is 0 Å². The largest absolute Gasteiger partial charge is 0.507 e. The van der Waals surface area contributed by atoms with Gasteiger partial charge in [0.15, 0.2) is 0 Å². The summed E-state index contributed by atoms with van der Waals surface area (Å²) in [6, 6.07) is 3.79. The number of methoxy groups -OCH3 is 1. The van der Waals surface area contributed by atoms with Crippen LogP contribution in [0.5, 0.6) is 5.75 Å². The number of aromatic hydroxyl groups is 1. The van der Waals surface area contributed by atoms with Crippen LogP contribution >= 0.6 is 0 Å². The molecule has 0 bridgehead atoms. The second-order valence-corrected chi connectivity index (χ2v) is 3.94. The van der Waals surface area contributed by atoms with E-state index in [0.717, 1.165) is 25.3 Å². The Morgan fingerprint density at radius 1 is 1.39 bits per heavy atom. The molecule has 1 aromatic carbocycles. The summed E-state index contributed by atoms with van der Waals surface area (Å²) in [6.07, 6.45) is 2.65. The van der Waals surface area contributed by atoms with Crippen LogP contribution in [0.25, 0.3) is 0 Å². The Hall–Kier alpha value is -1.62. The Morgan fingerprint density at radius 3 is 2.83 bits per heavy atom. The molecule has 18 heavy (non-hydrogen) atoms. The number of carbonyl (C=O) groups is 1. The van der Waals surface area contributed by atoms with Gasteiger partial charge in [0, 0.05) is 20.3 Å². The second-order valence-electron chi connectivity index (χ2n) is 3.94. The smallest absolute Gasteiger partial charge is 0.258 e. The first kappa shape index (κ1) is 14.4. The summed E-state index contributed by atoms with van der Waals surface area (Å²) in [4.78, 5) is 11.6. The van der Waals surface area contributed by atoms with Crippen molar-refractivity contribution in [1.29, 1.82) is 0 Å². The third kappa shape index (κ3) is 4.33. The number of halogens is 1. The maximum Gasteiger partial charge on any atom is 0.258 e. The summed E-state index contributed by atoms with van der Waals surface area (Å²) >= 11 is 0. The minimum Gasteiger partial charge on any atom is -0.507 e. The fraction of sp³-hybridized carbons (Fsp3) is 0.462. The van der Waals surface area contributed by atoms with Crippen molar-refractivity contribution in [2.45, 2.75) is 19.3 Å². The number of phenols is 1. The van der Waals surface area contributed by atoms with E-state index in [9.17, 15) is 14.3 Å². The Kier molecular flexibility index (Phi) is 6.14. The molecule has 0 spiro atoms. The molecule has 0 aliphatic rings. The lowest BCUT2D eigenvalue weighted by Gasteiger charge is -2.07. The lowest BCUT2D eigenvalue weighted by molar-refractivity contribution is 0.0945. The van der Waals surface area contributed by atoms with E-state index >= 15 is 0 Å². The summed E-state index contributed by atoms with van der Waals surface area (Å²) in [5.74, 6) is -1.64. The van der Waals surface area contributed by atoms with Crippen molar-refractivity contribution in [2.24, 2.45) is 0 Å². The van der Waals surface area contributed by atoms with E-state index in [1.807, 2.05) is 0 Å². The molecule has 1 aromatic rings. The van der Waals surface area contributed by atoms with Gasteiger partial charge in [0.05, 0.1) is 0 Å². The van der Waals surface area contributed by atoms with E-state index < -0.39 is 11.7 Å². The molecule has 1 amide bonds. The van der Waals surface area contributed by atoms with Gasteiger partial charge in [-0.1, -0.05) is 6.07 Å². The predicted molar refractivity (Wildman–Crippen MR) is 66.1 cm³/mol. The van der Waals surface area contributed by atoms with Crippen LogP contribution in [0, 0.1) is 5.82 Å². The highest BCUT2D eigenvalue weighted by Crippen LogP contribution is 2.19. The minimum absolute atomic E-state index is 0.297. The lowest BCUT2D eigenvalue weighted by atomic mass is 10.1. The van der Waals surface area contributed by atoms with Crippen LogP contribution in [0.1, 0.15) is 29.6 Å². The third-order valence-corrected chi connectivity index (χ3v) is 2.53. The molecular formula is C13H18FNO3. The van der Waals surface area contributed by atoms with Gasteiger partial charge in [0.2, 0.25) is 0 Å². The molecule has 4 nitrogen and oxygen atoms in total. The van der Waals surface area contributed by atoms with Crippen molar-refractivity contribution in [3.05, 3.63) is 29.6 Å². The molecule has 0 aliphatic carbocycles. The number of hydrogen-bond donors (Lipinski definition) is 2. The number of carbonyl (C=O) groups excluding carboxylic acids is 1. The highest BCUT2D eigenvalue weighted by Gasteiger charge is 2.15. The monoisotopic (exact) mass is 255 g/mol. The molecule has 0 radical (unpaired) electrons. The summed E-state index contributed by atoms with van der Waals surface area (Å²) in [5.41, 5.74) is -0.297. The number of amides is 1. The van der Waals surface area contributed by atoms with Crippen LogP contribution in [0.15, 0.2) is 18.2 Å². The first-order chi connectivity index (χ1) is 8.66. The Balaban J connectivity index is 2.37. The van der Waals surface area contributed by atoms with E-state index in [4.69, 9.17) is 4.74 Å². The zero-order valence-corrected chi connectivity index (χ0v) is 10.4. The van der Waals surface area contributed by atoms with Crippen molar-refractivity contribution >= 4 is 5.91 Å². The zero-order chi connectivity index (χ0) is 13.4. The number of benzene rings is 1. The molecule has 0 aromatic heterocycles. The van der Waals surface area contributed by atoms with Gasteiger partial charge >= 0.3 is 0 Å². The molecule has 1 rings (SSSR count). The van der Waals surface area contributed by atoms with Crippen molar-refractivity contribution in [3.63, 3.8) is 0 Å². The molecule has 100 valence electrons. The molecule has 5 heteroatoms. The van der Waals surface area contributed by atoms with E-state index in [1.165, 1.54) is 12.1 Å². The third-order valence-electron chi connectivity index (χ3n) is 2.53. The summed E-state index contributed by atoms with van der Waals surface area (Å²) in [6.45, 7) is 1.15. The number of unbranched alkanes of at least 4 members (excludes halogenated alkanes) is 2. The molecule has 0 heterocycles. The van der Waals surface area contributed by atoms with Gasteiger partial charge < -0.3 is 15.2 Å². The molecule has 0 unspecified atom stereocenters. The zero-order valence-electron chi connectivity index (χ0n) is 10.4. The van der Waals surface area contributed by atoms with Gasteiger partial charge in [0.25, 0.3) is 5.91 Å². The van der Waals surface area contributed by atoms with E-state index in [-0.39, 0.29) is 11.3 Å². The van der Waals surface area contributed by atoms with Gasteiger partial charge in [-0.2, -0.15) is 0 Å². The number of rotatable bonds is 7. The highest BCUT2D eigenvalue weighted by molar-refractivity contribution is 5.97. The van der Waals surface area contributed by atoms with Crippen molar-refractivity contribution in [3.8, 4) is 5.75 Å². The topological polar surface area (TPSA) is 58.6 Å². The van der Waals surface area contributed by atoms with Gasteiger partial charge in [0.1, 0.15) is 17.1 Å². The molecular weight excluding hydrogens is 237 g/mol. The quantitative estimate of drug-likeness (QED) is 0.733. The van der Waals surface area contributed by atoms with Crippen LogP contribution in [-0.2, 0) is 4.74 Å². The molecule has 0 saturated heterocycles. The number of ether oxygens (including phenoxy) is 1. The first-order valence-electron chi connectivity index (χ1n) is 5.91. The number of phenolic OH excluding ortho intramolecular Hbond substituents is 1. The SMILES string of the molecule is COCCCCCNC(=O)c1c(O)cccc1F. The van der Waals surface area contributed by atoms with Crippen LogP contribution in [0.4, 0.5) is 4.39 Å². The maximum atomic E-state index is 13.3. The van der Waals surface area contributed by atoms with Gasteiger partial charge in [-0.25, -0.2) is 4.39 Å². The van der Waals surface area contributed by atoms with Crippen LogP contribution in [0.3, 0.4) is 0 Å². The average Bonchev–Trinajstić information content (AvgIpc) is 2.33. The van der Waals surface area contributed by atoms with E-state index in [0.29, 0.717) is 13.2 Å². The summed E-state index contributed by atoms with van der Waals surface area (Å²) in [7, 11) is 1.64. The molecule has 0 fully saturated rings. The molecule has 0 atom stereocenters. The first-order valence-corrected chi connectivity index (χ1v) is 5.91. The average molecular weight is 255 g/mol. The van der Waals surface area contributed by atoms with Crippen molar-refractivity contribution in [2.75, 3.05) is 20.3 Å². The fourth-order valence-corrected chi connectivity index (χ4v) is 1.58. The van der Waals surface area contributed by atoms with Gasteiger partial charge in [-0.3, -0.25) is 4.79 Å². The molecule has 0 aliphatic heterocycles. The van der Waals surface area contributed by atoms with Crippen LogP contribution in [-0.4, -0.2) is 31.3 Å². The van der Waals surface area contributed by atoms with E-state index in [2.05, 4.69) is 5.32 Å². The molecule has 0 saturated carbocycles. The second kappa shape index (κ2) is 7.66. The number of hydrogen-bond acceptors (Lipinski definition) is 3. The summed E-state index contributed by atoms with van der Waals surface area (Å²) < 4.78 is 18.2. The Bertz CT molecular complexity index is 376. The highest BCUT2D eigenvalue weighted by atomic mass is 19.1. The van der Waals surface area contributed by atoms with Crippen molar-refractivity contribution < 1.29 is 19.0 Å². The Labute approximate surface area is 106 Å². The number of nitrogens with one attached hydrogen (secondary N) is 1. The molecule has 2 N–H and O–H groups in total. The predicted octanol–water partition coefficient (Wildman–Crippen LogP) is 2.08. The lowest BCUT2D eigenvalue weighted by Crippen LogP contribution is -2.25. The van der Waals surface area contributed by atoms with Crippen LogP contribution in [0.2, 0.25) is 0 Å². The van der Waals surface area contributed by atoms with Gasteiger partial charge in [-0.05, 0) is 31.4 Å². The fourth-order valence-electron chi connectivity index (χ4n) is 1.58. The maximum absolute atomic E-state index is 13.3. The minimum atomic E-state index is -0.716.